The van der Waals surface area contributed by atoms with E-state index in [1.54, 1.807) is 16.7 Å². The van der Waals surface area contributed by atoms with Gasteiger partial charge >= 0.3 is 0 Å². The minimum Gasteiger partial charge on any atom is -0.368 e. The molecule has 2 N–H and O–H groups in total. The summed E-state index contributed by atoms with van der Waals surface area (Å²) in [4.78, 5) is 31.9. The zero-order valence-corrected chi connectivity index (χ0v) is 14.8. The average molecular weight is 369 g/mol. The number of rotatable bonds is 3. The Morgan fingerprint density at radius 1 is 1.12 bits per heavy atom. The molecule has 3 heterocycles. The highest BCUT2D eigenvalue weighted by molar-refractivity contribution is 7.20. The maximum absolute atomic E-state index is 13.0. The van der Waals surface area contributed by atoms with Gasteiger partial charge in [-0.1, -0.05) is 30.3 Å². The van der Waals surface area contributed by atoms with Gasteiger partial charge in [0.15, 0.2) is 0 Å². The fraction of sp³-hybridized carbons (Fsp3) is 0.167. The van der Waals surface area contributed by atoms with Crippen molar-refractivity contribution in [3.63, 3.8) is 0 Å². The van der Waals surface area contributed by atoms with Gasteiger partial charge in [0.05, 0.1) is 4.88 Å². The molecule has 4 rings (SSSR count). The number of thiazole rings is 1. The van der Waals surface area contributed by atoms with E-state index in [1.165, 1.54) is 16.2 Å². The minimum atomic E-state index is -0.644. The Morgan fingerprint density at radius 2 is 1.92 bits per heavy atom. The topological polar surface area (TPSA) is 76.3 Å². The predicted molar refractivity (Wildman–Crippen MR) is 98.4 cm³/mol. The Kier molecular flexibility index (Phi) is 4.10. The van der Waals surface area contributed by atoms with Crippen molar-refractivity contribution in [3.05, 3.63) is 64.0 Å². The molecule has 0 fully saturated rings. The second-order valence-electron chi connectivity index (χ2n) is 5.84. The predicted octanol–water partition coefficient (Wildman–Crippen LogP) is 2.92. The number of hydrogen-bond donors (Lipinski definition) is 1. The number of aromatic nitrogens is 1. The summed E-state index contributed by atoms with van der Waals surface area (Å²) in [6, 6.07) is 11.1. The van der Waals surface area contributed by atoms with Crippen molar-refractivity contribution in [2.75, 3.05) is 0 Å². The molecule has 1 aliphatic rings. The summed E-state index contributed by atoms with van der Waals surface area (Å²) in [5.41, 5.74) is 8.03. The van der Waals surface area contributed by atoms with Gasteiger partial charge in [-0.2, -0.15) is 0 Å². The van der Waals surface area contributed by atoms with Crippen LogP contribution in [0.1, 0.15) is 21.6 Å². The minimum absolute atomic E-state index is 0.252. The van der Waals surface area contributed by atoms with Gasteiger partial charge in [-0.05, 0) is 22.6 Å². The Labute approximate surface area is 152 Å². The molecule has 2 aromatic heterocycles. The summed E-state index contributed by atoms with van der Waals surface area (Å²) in [5, 5.41) is 4.53. The number of primary amides is 1. The fourth-order valence-electron chi connectivity index (χ4n) is 3.02. The molecule has 1 aliphatic heterocycles. The van der Waals surface area contributed by atoms with E-state index in [4.69, 9.17) is 5.73 Å². The van der Waals surface area contributed by atoms with Crippen LogP contribution in [0, 0.1) is 0 Å². The Morgan fingerprint density at radius 3 is 2.64 bits per heavy atom. The molecule has 0 aliphatic carbocycles. The van der Waals surface area contributed by atoms with Gasteiger partial charge in [0.1, 0.15) is 16.7 Å². The maximum Gasteiger partial charge on any atom is 0.274 e. The third-order valence-corrected chi connectivity index (χ3v) is 6.17. The van der Waals surface area contributed by atoms with Crippen LogP contribution in [0.25, 0.3) is 9.88 Å². The van der Waals surface area contributed by atoms with Crippen LogP contribution in [0.4, 0.5) is 0 Å². The van der Waals surface area contributed by atoms with Gasteiger partial charge in [-0.25, -0.2) is 4.98 Å². The third-order valence-electron chi connectivity index (χ3n) is 4.29. The summed E-state index contributed by atoms with van der Waals surface area (Å²) in [5.74, 6) is -0.742. The normalized spacial score (nSPS) is 16.5. The van der Waals surface area contributed by atoms with Crippen molar-refractivity contribution < 1.29 is 9.59 Å². The highest BCUT2D eigenvalue weighted by Gasteiger charge is 2.34. The van der Waals surface area contributed by atoms with E-state index in [9.17, 15) is 9.59 Å². The lowest BCUT2D eigenvalue weighted by Crippen LogP contribution is -2.51. The van der Waals surface area contributed by atoms with E-state index in [2.05, 4.69) is 4.98 Å². The van der Waals surface area contributed by atoms with Crippen LogP contribution in [0.2, 0.25) is 0 Å². The molecule has 3 aromatic rings. The zero-order valence-electron chi connectivity index (χ0n) is 13.2. The average Bonchev–Trinajstić information content (AvgIpc) is 3.31. The molecule has 0 saturated carbocycles. The van der Waals surface area contributed by atoms with Crippen molar-refractivity contribution in [1.82, 2.24) is 9.88 Å². The molecule has 1 aromatic carbocycles. The number of amides is 2. The van der Waals surface area contributed by atoms with Crippen molar-refractivity contribution in [2.24, 2.45) is 5.73 Å². The Balaban J connectivity index is 1.65. The summed E-state index contributed by atoms with van der Waals surface area (Å²) in [6.45, 7) is 0.370. The lowest BCUT2D eigenvalue weighted by molar-refractivity contribution is -0.122. The van der Waals surface area contributed by atoms with E-state index >= 15 is 0 Å². The van der Waals surface area contributed by atoms with Gasteiger partial charge in [0.25, 0.3) is 5.91 Å². The highest BCUT2D eigenvalue weighted by atomic mass is 32.1. The quantitative estimate of drug-likeness (QED) is 0.771. The summed E-state index contributed by atoms with van der Waals surface area (Å²) in [6.07, 6.45) is 0.444. The number of nitrogens with zero attached hydrogens (tertiary/aromatic N) is 2. The molecule has 0 unspecified atom stereocenters. The van der Waals surface area contributed by atoms with E-state index in [1.807, 2.05) is 41.8 Å². The van der Waals surface area contributed by atoms with Gasteiger partial charge in [-0.3, -0.25) is 9.59 Å². The second kappa shape index (κ2) is 6.42. The van der Waals surface area contributed by atoms with Gasteiger partial charge in [0, 0.05) is 18.3 Å². The summed E-state index contributed by atoms with van der Waals surface area (Å²) >= 11 is 3.01. The highest BCUT2D eigenvalue weighted by Crippen LogP contribution is 2.30. The summed E-state index contributed by atoms with van der Waals surface area (Å²) < 4.78 is 0. The molecule has 0 spiro atoms. The van der Waals surface area contributed by atoms with Crippen molar-refractivity contribution in [2.45, 2.75) is 19.0 Å². The van der Waals surface area contributed by atoms with Gasteiger partial charge in [-0.15, -0.1) is 22.7 Å². The van der Waals surface area contributed by atoms with Crippen LogP contribution in [-0.2, 0) is 17.8 Å². The van der Waals surface area contributed by atoms with Gasteiger partial charge in [0.2, 0.25) is 5.91 Å². The molecule has 2 amide bonds. The molecule has 5 nitrogen and oxygen atoms in total. The number of thiophene rings is 1. The molecule has 25 heavy (non-hydrogen) atoms. The first-order valence-corrected chi connectivity index (χ1v) is 9.56. The van der Waals surface area contributed by atoms with Crippen LogP contribution >= 0.6 is 22.7 Å². The molecular weight excluding hydrogens is 354 g/mol. The SMILES string of the molecule is NC(=O)[C@H]1Cc2ccccc2CN1C(=O)c1csc(-c2cccs2)n1. The lowest BCUT2D eigenvalue weighted by atomic mass is 9.93. The first kappa shape index (κ1) is 16.0. The standard InChI is InChI=1S/C18H15N3O2S2/c19-16(22)14-8-11-4-1-2-5-12(11)9-21(14)18(23)13-10-25-17(20-13)15-6-3-7-24-15/h1-7,10,14H,8-9H2,(H2,19,22)/t14-/m1/s1. The van der Waals surface area contributed by atoms with Crippen LogP contribution in [-0.4, -0.2) is 27.7 Å². The number of nitrogens with two attached hydrogens (primary N) is 1. The maximum atomic E-state index is 13.0. The summed E-state index contributed by atoms with van der Waals surface area (Å²) in [7, 11) is 0. The van der Waals surface area contributed by atoms with E-state index < -0.39 is 11.9 Å². The smallest absolute Gasteiger partial charge is 0.274 e. The van der Waals surface area contributed by atoms with Crippen molar-refractivity contribution >= 4 is 34.5 Å². The molecular formula is C18H15N3O2S2. The molecule has 126 valence electrons. The zero-order chi connectivity index (χ0) is 17.4. The monoisotopic (exact) mass is 369 g/mol. The Hall–Kier alpha value is -2.51. The van der Waals surface area contributed by atoms with Gasteiger partial charge < -0.3 is 10.6 Å². The van der Waals surface area contributed by atoms with Crippen LogP contribution in [0.5, 0.6) is 0 Å². The Bertz CT molecular complexity index is 933. The van der Waals surface area contributed by atoms with E-state index in [-0.39, 0.29) is 5.91 Å². The lowest BCUT2D eigenvalue weighted by Gasteiger charge is -2.34. The van der Waals surface area contributed by atoms with Crippen molar-refractivity contribution in [1.29, 1.82) is 0 Å². The molecule has 0 radical (unpaired) electrons. The van der Waals surface area contributed by atoms with Crippen LogP contribution in [0.3, 0.4) is 0 Å². The molecule has 7 heteroatoms. The third kappa shape index (κ3) is 2.96. The van der Waals surface area contributed by atoms with Crippen molar-refractivity contribution in [3.8, 4) is 9.88 Å². The first-order chi connectivity index (χ1) is 12.1. The van der Waals surface area contributed by atoms with Crippen LogP contribution in [0.15, 0.2) is 47.2 Å². The number of benzene rings is 1. The molecule has 1 atom stereocenters. The number of carbonyl (C=O) groups is 2. The number of carbonyl (C=O) groups excluding carboxylic acids is 2. The number of fused-ring (bicyclic) bond motifs is 1. The van der Waals surface area contributed by atoms with E-state index in [0.29, 0.717) is 18.7 Å². The molecule has 0 bridgehead atoms. The first-order valence-electron chi connectivity index (χ1n) is 7.80. The largest absolute Gasteiger partial charge is 0.368 e. The number of hydrogen-bond acceptors (Lipinski definition) is 5. The fourth-order valence-corrected chi connectivity index (χ4v) is 4.63. The van der Waals surface area contributed by atoms with E-state index in [0.717, 1.165) is 21.0 Å². The molecule has 0 saturated heterocycles. The van der Waals surface area contributed by atoms with Crippen LogP contribution < -0.4 is 5.73 Å². The second-order valence-corrected chi connectivity index (χ2v) is 7.65.